The summed E-state index contributed by atoms with van der Waals surface area (Å²) in [6, 6.07) is 0. The van der Waals surface area contributed by atoms with E-state index in [0.29, 0.717) is 0 Å². The van der Waals surface area contributed by atoms with Gasteiger partial charge in [-0.25, -0.2) is 0 Å². The molecule has 0 atom stereocenters. The maximum Gasteiger partial charge on any atom is 2.00 e. The third-order valence-electron chi connectivity index (χ3n) is 0. The van der Waals surface area contributed by atoms with Crippen LogP contribution in [0.15, 0.2) is 0 Å². The van der Waals surface area contributed by atoms with Crippen LogP contribution in [-0.4, -0.2) is 0 Å². The van der Waals surface area contributed by atoms with Crippen molar-refractivity contribution in [3.05, 3.63) is 0 Å². The molecule has 0 saturated carbocycles. The first-order chi connectivity index (χ1) is 4.00. The number of phosphoric acid groups is 2. The molecule has 0 N–H and O–H groups in total. The average Bonchev–Trinajstić information content (AvgIpc) is 1.12. The molecule has 1 radical (unpaired) electrons. The van der Waals surface area contributed by atoms with Gasteiger partial charge in [0.1, 0.15) is 0 Å². The zero-order valence-electron chi connectivity index (χ0n) is 5.25. The zero-order valence-corrected chi connectivity index (χ0v) is 10.4. The summed E-state index contributed by atoms with van der Waals surface area (Å²) in [5.41, 5.74) is 0. The van der Waals surface area contributed by atoms with Crippen molar-refractivity contribution in [3.8, 4) is 0 Å². The molecule has 0 amide bonds. The molecule has 13 heteroatoms. The van der Waals surface area contributed by atoms with Crippen molar-refractivity contribution < 1.29 is 89.7 Å². The van der Waals surface area contributed by atoms with Crippen molar-refractivity contribution in [2.45, 2.75) is 0 Å². The fourth-order valence-electron chi connectivity index (χ4n) is 0. The minimum Gasteiger partial charge on any atom is -0.822 e. The van der Waals surface area contributed by atoms with Crippen LogP contribution in [0.1, 0.15) is 0 Å². The van der Waals surface area contributed by atoms with Crippen LogP contribution in [0.3, 0.4) is 0 Å². The van der Waals surface area contributed by atoms with Crippen LogP contribution in [0.5, 0.6) is 0 Å². The van der Waals surface area contributed by atoms with E-state index < -0.39 is 15.6 Å². The number of rotatable bonds is 0. The summed E-state index contributed by atoms with van der Waals surface area (Å²) in [7, 11) is -10.8. The van der Waals surface area contributed by atoms with Gasteiger partial charge in [-0.2, -0.15) is 15.6 Å². The molecular formula is Fe2MnO8P2. The summed E-state index contributed by atoms with van der Waals surface area (Å²) >= 11 is 0. The molecule has 13 heavy (non-hydrogen) atoms. The second-order valence-corrected chi connectivity index (χ2v) is 2.68. The zero-order chi connectivity index (χ0) is 9.00. The van der Waals surface area contributed by atoms with Crippen LogP contribution >= 0.6 is 15.6 Å². The molecule has 0 fully saturated rings. The van der Waals surface area contributed by atoms with Crippen molar-refractivity contribution >= 4 is 15.6 Å². The fourth-order valence-corrected chi connectivity index (χ4v) is 0. The molecule has 0 bridgehead atoms. The fraction of sp³-hybridized carbons (Fsp3) is 0. The van der Waals surface area contributed by atoms with Crippen LogP contribution in [0.25, 0.3) is 0 Å². The van der Waals surface area contributed by atoms with Crippen molar-refractivity contribution in [2.24, 2.45) is 0 Å². The Morgan fingerprint density at radius 1 is 0.615 bits per heavy atom. The molecule has 0 spiro atoms. The molecule has 0 aromatic carbocycles. The number of hydrogen-bond donors (Lipinski definition) is 0. The van der Waals surface area contributed by atoms with Gasteiger partial charge in [0, 0.05) is 0 Å². The first kappa shape index (κ1) is 29.3. The summed E-state index contributed by atoms with van der Waals surface area (Å²) in [6.45, 7) is 0. The quantitative estimate of drug-likeness (QED) is 0.305. The Morgan fingerprint density at radius 2 is 0.615 bits per heavy atom. The molecule has 0 aliphatic heterocycles. The van der Waals surface area contributed by atoms with Crippen LogP contribution in [-0.2, 0) is 60.3 Å². The molecule has 0 unspecified atom stereocenters. The molecule has 0 aliphatic carbocycles. The van der Waals surface area contributed by atoms with E-state index in [1.165, 1.54) is 0 Å². The van der Waals surface area contributed by atoms with Gasteiger partial charge in [-0.05, 0) is 0 Å². The van der Waals surface area contributed by atoms with Crippen molar-refractivity contribution in [3.63, 3.8) is 0 Å². The second kappa shape index (κ2) is 11.9. The molecule has 0 saturated heterocycles. The van der Waals surface area contributed by atoms with Gasteiger partial charge in [-0.15, -0.1) is 0 Å². The monoisotopic (exact) mass is 357 g/mol. The maximum atomic E-state index is 8.55. The Morgan fingerprint density at radius 3 is 0.615 bits per heavy atom. The summed E-state index contributed by atoms with van der Waals surface area (Å²) < 4.78 is 17.1. The second-order valence-electron chi connectivity index (χ2n) is 0.894. The largest absolute Gasteiger partial charge is 2.00 e. The summed E-state index contributed by atoms with van der Waals surface area (Å²) in [5.74, 6) is 0. The summed E-state index contributed by atoms with van der Waals surface area (Å²) in [4.78, 5) is 51.3. The predicted octanol–water partition coefficient (Wildman–Crippen LogP) is -5.66. The molecule has 81 valence electrons. The Kier molecular flexibility index (Phi) is 26.7. The first-order valence-corrected chi connectivity index (χ1v) is 4.38. The summed E-state index contributed by atoms with van der Waals surface area (Å²) in [6.07, 6.45) is 0. The van der Waals surface area contributed by atoms with Gasteiger partial charge in [0.2, 0.25) is 0 Å². The van der Waals surface area contributed by atoms with E-state index in [-0.39, 0.29) is 51.2 Å². The SMILES string of the molecule is O=P([O-])([O-])[O-].O=P([O-])([O-])[O-].[Fe+2].[Fe+2].[Mn+2]. The first-order valence-electron chi connectivity index (χ1n) is 1.46. The van der Waals surface area contributed by atoms with E-state index in [9.17, 15) is 0 Å². The number of hydrogen-bond acceptors (Lipinski definition) is 8. The standard InChI is InChI=1S/2Fe.Mn.2H3O4P/c;;;2*1-5(2,3)4/h;;;2*(H3,1,2,3,4)/q3*+2;;/p-6. The van der Waals surface area contributed by atoms with E-state index in [1.54, 1.807) is 0 Å². The van der Waals surface area contributed by atoms with Gasteiger partial charge in [0.15, 0.2) is 0 Å². The molecule has 0 aliphatic rings. The van der Waals surface area contributed by atoms with E-state index in [1.807, 2.05) is 0 Å². The third-order valence-corrected chi connectivity index (χ3v) is 0. The van der Waals surface area contributed by atoms with E-state index in [4.69, 9.17) is 38.5 Å². The van der Waals surface area contributed by atoms with Gasteiger partial charge in [0.05, 0.1) is 0 Å². The normalized spacial score (nSPS) is 9.08. The molecule has 0 heterocycles. The predicted molar refractivity (Wildman–Crippen MR) is 15.2 cm³/mol. The van der Waals surface area contributed by atoms with Crippen LogP contribution in [0, 0.1) is 0 Å². The van der Waals surface area contributed by atoms with Gasteiger partial charge >= 0.3 is 51.2 Å². The molecule has 0 aromatic heterocycles. The average molecular weight is 357 g/mol. The van der Waals surface area contributed by atoms with Gasteiger partial charge in [-0.1, -0.05) is 0 Å². The van der Waals surface area contributed by atoms with Crippen LogP contribution < -0.4 is 29.4 Å². The third kappa shape index (κ3) is 604. The van der Waals surface area contributed by atoms with E-state index in [2.05, 4.69) is 0 Å². The van der Waals surface area contributed by atoms with Gasteiger partial charge in [-0.3, -0.25) is 0 Å². The molecule has 0 rings (SSSR count). The minimum atomic E-state index is -5.39. The Bertz CT molecular complexity index is 132. The van der Waals surface area contributed by atoms with Crippen molar-refractivity contribution in [2.75, 3.05) is 0 Å². The Balaban J connectivity index is -0.0000000267. The van der Waals surface area contributed by atoms with E-state index in [0.717, 1.165) is 0 Å². The molecular weight excluding hydrogens is 357 g/mol. The van der Waals surface area contributed by atoms with Gasteiger partial charge in [0.25, 0.3) is 0 Å². The Hall–Kier alpha value is 1.78. The van der Waals surface area contributed by atoms with Crippen LogP contribution in [0.2, 0.25) is 0 Å². The summed E-state index contributed by atoms with van der Waals surface area (Å²) in [5, 5.41) is 0. The maximum absolute atomic E-state index is 8.55. The Labute approximate surface area is 105 Å². The smallest absolute Gasteiger partial charge is 0.822 e. The van der Waals surface area contributed by atoms with Gasteiger partial charge < -0.3 is 38.5 Å². The van der Waals surface area contributed by atoms with Crippen LogP contribution in [0.4, 0.5) is 0 Å². The topological polar surface area (TPSA) is 172 Å². The molecule has 0 aromatic rings. The van der Waals surface area contributed by atoms with Crippen molar-refractivity contribution in [1.82, 2.24) is 0 Å². The minimum absolute atomic E-state index is 0. The van der Waals surface area contributed by atoms with E-state index >= 15 is 0 Å². The molecule has 8 nitrogen and oxygen atoms in total. The van der Waals surface area contributed by atoms with Crippen molar-refractivity contribution in [1.29, 1.82) is 0 Å².